The standard InChI is InChI=1S/C8H9F3N2O2/c9-8(10,11)4-13-7(3-12)1-5(2-7)6(14)15/h5,13H,1-2,4H2,(H,14,15). The Bertz CT molecular complexity index is 302. The fourth-order valence-corrected chi connectivity index (χ4v) is 1.50. The maximum absolute atomic E-state index is 11.9. The SMILES string of the molecule is N#CC1(NCC(F)(F)F)CC(C(=O)O)C1. The van der Waals surface area contributed by atoms with Gasteiger partial charge in [-0.1, -0.05) is 0 Å². The van der Waals surface area contributed by atoms with Gasteiger partial charge in [-0.05, 0) is 12.8 Å². The number of hydrogen-bond donors (Lipinski definition) is 2. The van der Waals surface area contributed by atoms with E-state index in [-0.39, 0.29) is 12.8 Å². The molecule has 0 saturated heterocycles. The Morgan fingerprint density at radius 2 is 2.13 bits per heavy atom. The molecule has 1 rings (SSSR count). The summed E-state index contributed by atoms with van der Waals surface area (Å²) in [6, 6.07) is 1.70. The molecule has 0 heterocycles. The number of carbonyl (C=O) groups is 1. The Balaban J connectivity index is 2.47. The number of nitriles is 1. The summed E-state index contributed by atoms with van der Waals surface area (Å²) in [4.78, 5) is 10.4. The molecule has 1 saturated carbocycles. The zero-order valence-corrected chi connectivity index (χ0v) is 7.64. The maximum atomic E-state index is 11.9. The summed E-state index contributed by atoms with van der Waals surface area (Å²) in [5, 5.41) is 19.2. The molecule has 0 aromatic carbocycles. The van der Waals surface area contributed by atoms with E-state index in [2.05, 4.69) is 5.32 Å². The third-order valence-corrected chi connectivity index (χ3v) is 2.38. The van der Waals surface area contributed by atoms with Crippen molar-refractivity contribution < 1.29 is 23.1 Å². The van der Waals surface area contributed by atoms with Crippen LogP contribution in [-0.2, 0) is 4.79 Å². The fraction of sp³-hybridized carbons (Fsp3) is 0.750. The first-order valence-corrected chi connectivity index (χ1v) is 4.24. The van der Waals surface area contributed by atoms with E-state index in [4.69, 9.17) is 10.4 Å². The predicted molar refractivity (Wildman–Crippen MR) is 42.8 cm³/mol. The first-order chi connectivity index (χ1) is 6.78. The van der Waals surface area contributed by atoms with Crippen LogP contribution in [-0.4, -0.2) is 29.3 Å². The molecule has 1 aliphatic rings. The van der Waals surface area contributed by atoms with E-state index in [1.54, 1.807) is 6.07 Å². The van der Waals surface area contributed by atoms with Crippen molar-refractivity contribution in [2.45, 2.75) is 24.6 Å². The van der Waals surface area contributed by atoms with Gasteiger partial charge in [0.2, 0.25) is 0 Å². The van der Waals surface area contributed by atoms with Gasteiger partial charge in [0.25, 0.3) is 0 Å². The molecule has 0 bridgehead atoms. The highest BCUT2D eigenvalue weighted by Crippen LogP contribution is 2.37. The van der Waals surface area contributed by atoms with Gasteiger partial charge in [-0.2, -0.15) is 18.4 Å². The lowest BCUT2D eigenvalue weighted by atomic mass is 9.69. The monoisotopic (exact) mass is 222 g/mol. The van der Waals surface area contributed by atoms with Gasteiger partial charge in [0.15, 0.2) is 0 Å². The van der Waals surface area contributed by atoms with Crippen molar-refractivity contribution in [1.82, 2.24) is 5.32 Å². The van der Waals surface area contributed by atoms with Crippen molar-refractivity contribution in [2.75, 3.05) is 6.54 Å². The number of halogens is 3. The van der Waals surface area contributed by atoms with Gasteiger partial charge in [0.1, 0.15) is 5.54 Å². The van der Waals surface area contributed by atoms with Crippen LogP contribution >= 0.6 is 0 Å². The molecule has 84 valence electrons. The number of nitrogens with zero attached hydrogens (tertiary/aromatic N) is 1. The second-order valence-corrected chi connectivity index (χ2v) is 3.61. The van der Waals surface area contributed by atoms with Crippen LogP contribution in [0.25, 0.3) is 0 Å². The fourth-order valence-electron chi connectivity index (χ4n) is 1.50. The lowest BCUT2D eigenvalue weighted by molar-refractivity contribution is -0.148. The summed E-state index contributed by atoms with van der Waals surface area (Å²) < 4.78 is 35.6. The van der Waals surface area contributed by atoms with Crippen LogP contribution in [0.3, 0.4) is 0 Å². The number of rotatable bonds is 3. The lowest BCUT2D eigenvalue weighted by Gasteiger charge is -2.41. The number of hydrogen-bond acceptors (Lipinski definition) is 3. The third kappa shape index (κ3) is 2.83. The summed E-state index contributed by atoms with van der Waals surface area (Å²) >= 11 is 0. The summed E-state index contributed by atoms with van der Waals surface area (Å²) in [6.45, 7) is -1.27. The highest BCUT2D eigenvalue weighted by molar-refractivity contribution is 5.72. The van der Waals surface area contributed by atoms with Crippen LogP contribution < -0.4 is 5.32 Å². The molecule has 0 spiro atoms. The maximum Gasteiger partial charge on any atom is 0.401 e. The molecule has 0 aromatic heterocycles. The van der Waals surface area contributed by atoms with Gasteiger partial charge >= 0.3 is 12.1 Å². The molecule has 7 heteroatoms. The summed E-state index contributed by atoms with van der Waals surface area (Å²) in [5.74, 6) is -1.79. The predicted octanol–water partition coefficient (Wildman–Crippen LogP) is 0.895. The van der Waals surface area contributed by atoms with Crippen LogP contribution in [0.2, 0.25) is 0 Å². The van der Waals surface area contributed by atoms with E-state index in [1.165, 1.54) is 0 Å². The third-order valence-electron chi connectivity index (χ3n) is 2.38. The molecule has 2 N–H and O–H groups in total. The molecule has 0 aromatic rings. The van der Waals surface area contributed by atoms with E-state index in [0.29, 0.717) is 0 Å². The van der Waals surface area contributed by atoms with Crippen molar-refractivity contribution in [3.8, 4) is 6.07 Å². The van der Waals surface area contributed by atoms with Gasteiger partial charge in [-0.25, -0.2) is 0 Å². The average Bonchev–Trinajstić information content (AvgIpc) is 2.00. The van der Waals surface area contributed by atoms with Gasteiger partial charge in [-0.15, -0.1) is 0 Å². The van der Waals surface area contributed by atoms with E-state index in [1.807, 2.05) is 0 Å². The van der Waals surface area contributed by atoms with Crippen molar-refractivity contribution in [2.24, 2.45) is 5.92 Å². The molecular weight excluding hydrogens is 213 g/mol. The largest absolute Gasteiger partial charge is 0.481 e. The quantitative estimate of drug-likeness (QED) is 0.743. The Kier molecular flexibility index (Phi) is 2.90. The molecule has 0 atom stereocenters. The number of carboxylic acids is 1. The van der Waals surface area contributed by atoms with Gasteiger partial charge < -0.3 is 5.11 Å². The zero-order valence-electron chi connectivity index (χ0n) is 7.64. The Hall–Kier alpha value is -1.29. The van der Waals surface area contributed by atoms with E-state index in [0.717, 1.165) is 0 Å². The minimum atomic E-state index is -4.39. The number of nitrogens with one attached hydrogen (secondary N) is 1. The second kappa shape index (κ2) is 3.70. The summed E-state index contributed by atoms with van der Waals surface area (Å²) in [5.41, 5.74) is -1.32. The van der Waals surface area contributed by atoms with Crippen LogP contribution in [0.1, 0.15) is 12.8 Å². The van der Waals surface area contributed by atoms with Gasteiger partial charge in [-0.3, -0.25) is 10.1 Å². The van der Waals surface area contributed by atoms with Gasteiger partial charge in [0.05, 0.1) is 18.5 Å². The number of aliphatic carboxylic acids is 1. The first-order valence-electron chi connectivity index (χ1n) is 4.24. The lowest BCUT2D eigenvalue weighted by Crippen LogP contribution is -2.58. The van der Waals surface area contributed by atoms with Crippen molar-refractivity contribution >= 4 is 5.97 Å². The van der Waals surface area contributed by atoms with E-state index >= 15 is 0 Å². The van der Waals surface area contributed by atoms with Crippen LogP contribution in [0.4, 0.5) is 13.2 Å². The molecule has 0 radical (unpaired) electrons. The summed E-state index contributed by atoms with van der Waals surface area (Å²) in [7, 11) is 0. The number of alkyl halides is 3. The minimum absolute atomic E-state index is 0.0745. The highest BCUT2D eigenvalue weighted by atomic mass is 19.4. The Morgan fingerprint density at radius 1 is 1.60 bits per heavy atom. The van der Waals surface area contributed by atoms with E-state index < -0.39 is 30.1 Å². The second-order valence-electron chi connectivity index (χ2n) is 3.61. The normalized spacial score (nSPS) is 30.4. The molecular formula is C8H9F3N2O2. The Morgan fingerprint density at radius 3 is 2.47 bits per heavy atom. The topological polar surface area (TPSA) is 73.1 Å². The molecule has 1 aliphatic carbocycles. The van der Waals surface area contributed by atoms with Crippen molar-refractivity contribution in [1.29, 1.82) is 5.26 Å². The average molecular weight is 222 g/mol. The molecule has 1 fully saturated rings. The molecule has 0 aliphatic heterocycles. The highest BCUT2D eigenvalue weighted by Gasteiger charge is 2.49. The van der Waals surface area contributed by atoms with Crippen molar-refractivity contribution in [3.05, 3.63) is 0 Å². The first kappa shape index (κ1) is 11.8. The Labute approximate surface area is 83.7 Å². The van der Waals surface area contributed by atoms with E-state index in [9.17, 15) is 18.0 Å². The van der Waals surface area contributed by atoms with Crippen LogP contribution in [0.15, 0.2) is 0 Å². The minimum Gasteiger partial charge on any atom is -0.481 e. The molecule has 0 unspecified atom stereocenters. The smallest absolute Gasteiger partial charge is 0.401 e. The molecule has 4 nitrogen and oxygen atoms in total. The van der Waals surface area contributed by atoms with Crippen LogP contribution in [0, 0.1) is 17.2 Å². The summed E-state index contributed by atoms with van der Waals surface area (Å²) in [6.07, 6.45) is -4.54. The molecule has 15 heavy (non-hydrogen) atoms. The molecule has 0 amide bonds. The van der Waals surface area contributed by atoms with Crippen molar-refractivity contribution in [3.63, 3.8) is 0 Å². The van der Waals surface area contributed by atoms with Crippen LogP contribution in [0.5, 0.6) is 0 Å². The number of carboxylic acid groups (broad SMARTS) is 1. The zero-order chi connectivity index (χ0) is 11.7. The van der Waals surface area contributed by atoms with Gasteiger partial charge in [0, 0.05) is 0 Å².